The van der Waals surface area contributed by atoms with Gasteiger partial charge < -0.3 is 14.4 Å². The molecule has 1 fully saturated rings. The van der Waals surface area contributed by atoms with E-state index in [9.17, 15) is 9.18 Å². The summed E-state index contributed by atoms with van der Waals surface area (Å²) >= 11 is 0. The van der Waals surface area contributed by atoms with Crippen LogP contribution >= 0.6 is 0 Å². The smallest absolute Gasteiger partial charge is 0.316 e. The first-order valence-electron chi connectivity index (χ1n) is 9.97. The van der Waals surface area contributed by atoms with Crippen molar-refractivity contribution in [2.45, 2.75) is 31.6 Å². The molecule has 1 saturated heterocycles. The lowest BCUT2D eigenvalue weighted by Crippen LogP contribution is -2.48. The van der Waals surface area contributed by atoms with E-state index in [1.54, 1.807) is 12.1 Å². The van der Waals surface area contributed by atoms with Crippen LogP contribution in [-0.4, -0.2) is 43.7 Å². The normalized spacial score (nSPS) is 16.5. The van der Waals surface area contributed by atoms with Gasteiger partial charge in [-0.3, -0.25) is 4.79 Å². The Bertz CT molecular complexity index is 740. The summed E-state index contributed by atoms with van der Waals surface area (Å²) < 4.78 is 24.0. The van der Waals surface area contributed by atoms with E-state index >= 15 is 0 Å². The lowest BCUT2D eigenvalue weighted by atomic mass is 9.72. The second kappa shape index (κ2) is 9.69. The molecule has 1 heterocycles. The Labute approximate surface area is 166 Å². The summed E-state index contributed by atoms with van der Waals surface area (Å²) in [6.45, 7) is 5.46. The van der Waals surface area contributed by atoms with Gasteiger partial charge in [0.1, 0.15) is 11.6 Å². The Morgan fingerprint density at radius 3 is 2.39 bits per heavy atom. The van der Waals surface area contributed by atoms with Crippen LogP contribution in [0.25, 0.3) is 0 Å². The molecule has 28 heavy (non-hydrogen) atoms. The maximum Gasteiger partial charge on any atom is 0.316 e. The van der Waals surface area contributed by atoms with E-state index in [0.717, 1.165) is 44.5 Å². The fourth-order valence-electron chi connectivity index (χ4n) is 3.80. The van der Waals surface area contributed by atoms with Gasteiger partial charge in [-0.2, -0.15) is 0 Å². The lowest BCUT2D eigenvalue weighted by molar-refractivity contribution is -0.152. The largest absolute Gasteiger partial charge is 0.494 e. The molecule has 0 saturated carbocycles. The van der Waals surface area contributed by atoms with Crippen molar-refractivity contribution in [2.24, 2.45) is 0 Å². The zero-order valence-electron chi connectivity index (χ0n) is 16.4. The van der Waals surface area contributed by atoms with Gasteiger partial charge >= 0.3 is 5.97 Å². The molecule has 0 bridgehead atoms. The Hall–Kier alpha value is -2.40. The van der Waals surface area contributed by atoms with Crippen molar-refractivity contribution in [3.05, 3.63) is 66.0 Å². The summed E-state index contributed by atoms with van der Waals surface area (Å²) in [5.41, 5.74) is 0.506. The summed E-state index contributed by atoms with van der Waals surface area (Å²) in [5, 5.41) is 0. The number of hydrogen-bond donors (Lipinski definition) is 0. The number of nitrogens with zero attached hydrogens (tertiary/aromatic N) is 1. The molecule has 4 nitrogen and oxygen atoms in total. The molecule has 5 heteroatoms. The predicted molar refractivity (Wildman–Crippen MR) is 107 cm³/mol. The topological polar surface area (TPSA) is 38.8 Å². The second-order valence-electron chi connectivity index (χ2n) is 7.17. The average Bonchev–Trinajstić information content (AvgIpc) is 2.74. The van der Waals surface area contributed by atoms with Crippen LogP contribution in [0, 0.1) is 5.82 Å². The zero-order valence-corrected chi connectivity index (χ0v) is 16.4. The standard InChI is InChI=1S/C23H28FNO3/c1-2-27-22(26)23(19-7-4-3-5-8-19)13-16-25(17-14-23)15-6-18-28-21-11-9-20(24)10-12-21/h3-5,7-12H,2,6,13-18H2,1H3. The van der Waals surface area contributed by atoms with Gasteiger partial charge in [0, 0.05) is 6.54 Å². The molecule has 0 aromatic heterocycles. The number of likely N-dealkylation sites (tertiary alicyclic amines) is 1. The minimum Gasteiger partial charge on any atom is -0.494 e. The third-order valence-electron chi connectivity index (χ3n) is 5.40. The minimum atomic E-state index is -0.543. The van der Waals surface area contributed by atoms with Crippen LogP contribution in [0.1, 0.15) is 31.7 Å². The van der Waals surface area contributed by atoms with Crippen molar-refractivity contribution >= 4 is 5.97 Å². The highest BCUT2D eigenvalue weighted by atomic mass is 19.1. The number of halogens is 1. The highest BCUT2D eigenvalue weighted by molar-refractivity contribution is 5.83. The molecule has 0 aliphatic carbocycles. The maximum atomic E-state index is 12.9. The van der Waals surface area contributed by atoms with Gasteiger partial charge in [-0.15, -0.1) is 0 Å². The number of carbonyl (C=O) groups is 1. The third-order valence-corrected chi connectivity index (χ3v) is 5.40. The van der Waals surface area contributed by atoms with E-state index in [1.807, 2.05) is 37.3 Å². The number of ether oxygens (including phenoxy) is 2. The van der Waals surface area contributed by atoms with Crippen molar-refractivity contribution < 1.29 is 18.7 Å². The molecule has 1 aliphatic heterocycles. The summed E-state index contributed by atoms with van der Waals surface area (Å²) in [6.07, 6.45) is 2.40. The highest BCUT2D eigenvalue weighted by Crippen LogP contribution is 2.37. The van der Waals surface area contributed by atoms with Gasteiger partial charge in [0.15, 0.2) is 0 Å². The summed E-state index contributed by atoms with van der Waals surface area (Å²) in [4.78, 5) is 15.2. The third kappa shape index (κ3) is 4.90. The van der Waals surface area contributed by atoms with E-state index in [-0.39, 0.29) is 11.8 Å². The molecule has 0 spiro atoms. The first kappa shape index (κ1) is 20.3. The molecule has 0 atom stereocenters. The fraction of sp³-hybridized carbons (Fsp3) is 0.435. The van der Waals surface area contributed by atoms with Crippen molar-refractivity contribution in [1.82, 2.24) is 4.90 Å². The number of benzene rings is 2. The zero-order chi connectivity index (χ0) is 19.8. The summed E-state index contributed by atoms with van der Waals surface area (Å²) in [5.74, 6) is 0.315. The second-order valence-corrected chi connectivity index (χ2v) is 7.17. The van der Waals surface area contributed by atoms with E-state index in [0.29, 0.717) is 19.0 Å². The fourth-order valence-corrected chi connectivity index (χ4v) is 3.80. The molecular formula is C23H28FNO3. The van der Waals surface area contributed by atoms with E-state index < -0.39 is 5.41 Å². The van der Waals surface area contributed by atoms with Crippen molar-refractivity contribution in [3.63, 3.8) is 0 Å². The Kier molecular flexibility index (Phi) is 7.04. The molecule has 0 unspecified atom stereocenters. The number of esters is 1. The molecule has 150 valence electrons. The monoisotopic (exact) mass is 385 g/mol. The summed E-state index contributed by atoms with van der Waals surface area (Å²) in [6, 6.07) is 16.1. The van der Waals surface area contributed by atoms with E-state index in [1.165, 1.54) is 12.1 Å². The predicted octanol–water partition coefficient (Wildman–Crippen LogP) is 4.19. The van der Waals surface area contributed by atoms with Crippen LogP contribution < -0.4 is 4.74 Å². The van der Waals surface area contributed by atoms with Crippen LogP contribution in [0.15, 0.2) is 54.6 Å². The molecule has 0 amide bonds. The number of carbonyl (C=O) groups excluding carboxylic acids is 1. The molecule has 1 aliphatic rings. The Balaban J connectivity index is 1.51. The molecule has 2 aromatic carbocycles. The Morgan fingerprint density at radius 2 is 1.75 bits per heavy atom. The lowest BCUT2D eigenvalue weighted by Gasteiger charge is -2.40. The quantitative estimate of drug-likeness (QED) is 0.504. The highest BCUT2D eigenvalue weighted by Gasteiger charge is 2.43. The van der Waals surface area contributed by atoms with Crippen molar-refractivity contribution in [2.75, 3.05) is 32.8 Å². The molecule has 2 aromatic rings. The van der Waals surface area contributed by atoms with Crippen LogP contribution in [-0.2, 0) is 14.9 Å². The van der Waals surface area contributed by atoms with Crippen LogP contribution in [0.4, 0.5) is 4.39 Å². The Morgan fingerprint density at radius 1 is 1.07 bits per heavy atom. The SMILES string of the molecule is CCOC(=O)C1(c2ccccc2)CCN(CCCOc2ccc(F)cc2)CC1. The van der Waals surface area contributed by atoms with Gasteiger partial charge in [-0.05, 0) is 69.1 Å². The number of rotatable bonds is 8. The minimum absolute atomic E-state index is 0.111. The van der Waals surface area contributed by atoms with E-state index in [2.05, 4.69) is 4.90 Å². The van der Waals surface area contributed by atoms with Gasteiger partial charge in [-0.25, -0.2) is 4.39 Å². The van der Waals surface area contributed by atoms with Crippen molar-refractivity contribution in [1.29, 1.82) is 0 Å². The molecular weight excluding hydrogens is 357 g/mol. The maximum absolute atomic E-state index is 12.9. The molecule has 3 rings (SSSR count). The number of piperidine rings is 1. The van der Waals surface area contributed by atoms with Gasteiger partial charge in [0.05, 0.1) is 18.6 Å². The van der Waals surface area contributed by atoms with Gasteiger partial charge in [-0.1, -0.05) is 30.3 Å². The molecule has 0 N–H and O–H groups in total. The first-order chi connectivity index (χ1) is 13.6. The van der Waals surface area contributed by atoms with Gasteiger partial charge in [0.25, 0.3) is 0 Å². The van der Waals surface area contributed by atoms with Crippen molar-refractivity contribution in [3.8, 4) is 5.75 Å². The first-order valence-corrected chi connectivity index (χ1v) is 9.97. The number of hydrogen-bond acceptors (Lipinski definition) is 4. The van der Waals surface area contributed by atoms with Crippen LogP contribution in [0.2, 0.25) is 0 Å². The molecule has 0 radical (unpaired) electrons. The van der Waals surface area contributed by atoms with Crippen LogP contribution in [0.3, 0.4) is 0 Å². The van der Waals surface area contributed by atoms with Gasteiger partial charge in [0.2, 0.25) is 0 Å². The summed E-state index contributed by atoms with van der Waals surface area (Å²) in [7, 11) is 0. The van der Waals surface area contributed by atoms with E-state index in [4.69, 9.17) is 9.47 Å². The average molecular weight is 385 g/mol. The van der Waals surface area contributed by atoms with Crippen LogP contribution in [0.5, 0.6) is 5.75 Å².